The minimum Gasteiger partial charge on any atom is -0.327 e. The van der Waals surface area contributed by atoms with E-state index in [4.69, 9.17) is 5.73 Å². The van der Waals surface area contributed by atoms with E-state index in [0.717, 1.165) is 11.8 Å². The van der Waals surface area contributed by atoms with Crippen LogP contribution in [0.1, 0.15) is 25.7 Å². The van der Waals surface area contributed by atoms with Crippen molar-refractivity contribution in [2.75, 3.05) is 20.1 Å². The molecule has 1 saturated carbocycles. The number of hydrogen-bond donors (Lipinski definition) is 1. The lowest BCUT2D eigenvalue weighted by atomic mass is 9.72. The molecular formula is C10H20N2. The first-order valence-electron chi connectivity index (χ1n) is 5.21. The molecule has 3 atom stereocenters. The van der Waals surface area contributed by atoms with E-state index in [1.165, 1.54) is 38.8 Å². The molecule has 2 heteroatoms. The van der Waals surface area contributed by atoms with Crippen LogP contribution >= 0.6 is 0 Å². The van der Waals surface area contributed by atoms with Crippen LogP contribution in [0, 0.1) is 11.8 Å². The molecule has 2 N–H and O–H groups in total. The molecule has 70 valence electrons. The van der Waals surface area contributed by atoms with Crippen molar-refractivity contribution in [1.82, 2.24) is 4.90 Å². The topological polar surface area (TPSA) is 29.3 Å². The Labute approximate surface area is 75.1 Å². The Bertz CT molecular complexity index is 158. The Morgan fingerprint density at radius 1 is 1.25 bits per heavy atom. The molecule has 1 unspecified atom stereocenters. The normalized spacial score (nSPS) is 44.0. The average Bonchev–Trinajstić information content (AvgIpc) is 2.04. The van der Waals surface area contributed by atoms with E-state index in [1.54, 1.807) is 0 Å². The van der Waals surface area contributed by atoms with Gasteiger partial charge in [0.05, 0.1) is 0 Å². The zero-order valence-electron chi connectivity index (χ0n) is 8.00. The summed E-state index contributed by atoms with van der Waals surface area (Å²) in [6, 6.07) is 0.512. The quantitative estimate of drug-likeness (QED) is 0.586. The third-order valence-electron chi connectivity index (χ3n) is 3.66. The van der Waals surface area contributed by atoms with E-state index >= 15 is 0 Å². The fourth-order valence-electron chi connectivity index (χ4n) is 2.93. The van der Waals surface area contributed by atoms with Gasteiger partial charge in [0.1, 0.15) is 0 Å². The molecule has 0 radical (unpaired) electrons. The molecule has 1 heterocycles. The summed E-state index contributed by atoms with van der Waals surface area (Å²) in [6.07, 6.45) is 5.38. The van der Waals surface area contributed by atoms with Crippen molar-refractivity contribution in [1.29, 1.82) is 0 Å². The lowest BCUT2D eigenvalue weighted by molar-refractivity contribution is 0.0895. The Balaban J connectivity index is 1.99. The van der Waals surface area contributed by atoms with Crippen molar-refractivity contribution in [3.63, 3.8) is 0 Å². The molecular weight excluding hydrogens is 148 g/mol. The Kier molecular flexibility index (Phi) is 2.37. The van der Waals surface area contributed by atoms with Gasteiger partial charge in [-0.1, -0.05) is 6.42 Å². The van der Waals surface area contributed by atoms with Crippen molar-refractivity contribution < 1.29 is 0 Å². The molecule has 2 aliphatic rings. The van der Waals surface area contributed by atoms with Crippen LogP contribution in [0.25, 0.3) is 0 Å². The van der Waals surface area contributed by atoms with Crippen LogP contribution < -0.4 is 5.73 Å². The second-order valence-corrected chi connectivity index (χ2v) is 4.57. The summed E-state index contributed by atoms with van der Waals surface area (Å²) in [7, 11) is 2.23. The molecule has 1 saturated heterocycles. The summed E-state index contributed by atoms with van der Waals surface area (Å²) < 4.78 is 0. The molecule has 0 spiro atoms. The van der Waals surface area contributed by atoms with Crippen LogP contribution in [-0.2, 0) is 0 Å². The summed E-state index contributed by atoms with van der Waals surface area (Å²) in [5.74, 6) is 1.75. The van der Waals surface area contributed by atoms with Crippen molar-refractivity contribution in [2.45, 2.75) is 31.7 Å². The summed E-state index contributed by atoms with van der Waals surface area (Å²) >= 11 is 0. The van der Waals surface area contributed by atoms with Crippen molar-refractivity contribution in [3.8, 4) is 0 Å². The van der Waals surface area contributed by atoms with Gasteiger partial charge < -0.3 is 10.6 Å². The highest BCUT2D eigenvalue weighted by molar-refractivity contribution is 4.89. The second kappa shape index (κ2) is 3.35. The molecule has 0 aromatic heterocycles. The summed E-state index contributed by atoms with van der Waals surface area (Å²) in [5, 5.41) is 0. The lowest BCUT2D eigenvalue weighted by Crippen LogP contribution is -2.48. The van der Waals surface area contributed by atoms with Crippen LogP contribution in [0.5, 0.6) is 0 Å². The minimum absolute atomic E-state index is 0.512. The van der Waals surface area contributed by atoms with Crippen LogP contribution in [0.3, 0.4) is 0 Å². The first-order chi connectivity index (χ1) is 5.77. The molecule has 1 aliphatic heterocycles. The second-order valence-electron chi connectivity index (χ2n) is 4.57. The van der Waals surface area contributed by atoms with Gasteiger partial charge in [0.15, 0.2) is 0 Å². The standard InChI is InChI=1S/C10H20N2/c1-12-6-5-9-8(7-12)3-2-4-10(9)11/h8-10H,2-7,11H2,1H3/t8-,9+,10?/m0/s1. The smallest absolute Gasteiger partial charge is 0.00707 e. The summed E-state index contributed by atoms with van der Waals surface area (Å²) in [6.45, 7) is 2.55. The number of rotatable bonds is 0. The number of piperidine rings is 1. The lowest BCUT2D eigenvalue weighted by Gasteiger charge is -2.43. The molecule has 12 heavy (non-hydrogen) atoms. The van der Waals surface area contributed by atoms with E-state index in [0.29, 0.717) is 6.04 Å². The first-order valence-corrected chi connectivity index (χ1v) is 5.21. The van der Waals surface area contributed by atoms with E-state index < -0.39 is 0 Å². The molecule has 0 aromatic rings. The SMILES string of the molecule is CN1CC[C@H]2C(N)CCC[C@H]2C1. The Morgan fingerprint density at radius 3 is 2.92 bits per heavy atom. The van der Waals surface area contributed by atoms with Gasteiger partial charge in [-0.15, -0.1) is 0 Å². The van der Waals surface area contributed by atoms with Crippen molar-refractivity contribution in [3.05, 3.63) is 0 Å². The highest BCUT2D eigenvalue weighted by atomic mass is 15.1. The van der Waals surface area contributed by atoms with Crippen LogP contribution in [0.15, 0.2) is 0 Å². The van der Waals surface area contributed by atoms with Crippen molar-refractivity contribution in [2.24, 2.45) is 17.6 Å². The van der Waals surface area contributed by atoms with Crippen LogP contribution in [0.4, 0.5) is 0 Å². The average molecular weight is 168 g/mol. The highest BCUT2D eigenvalue weighted by Gasteiger charge is 2.34. The van der Waals surface area contributed by atoms with Gasteiger partial charge in [-0.05, 0) is 44.7 Å². The number of fused-ring (bicyclic) bond motifs is 1. The fraction of sp³-hybridized carbons (Fsp3) is 1.00. The molecule has 1 aliphatic carbocycles. The number of hydrogen-bond acceptors (Lipinski definition) is 2. The summed E-state index contributed by atoms with van der Waals surface area (Å²) in [4.78, 5) is 2.46. The summed E-state index contributed by atoms with van der Waals surface area (Å²) in [5.41, 5.74) is 6.12. The molecule has 2 nitrogen and oxygen atoms in total. The van der Waals surface area contributed by atoms with Crippen molar-refractivity contribution >= 4 is 0 Å². The monoisotopic (exact) mass is 168 g/mol. The van der Waals surface area contributed by atoms with Gasteiger partial charge in [0.2, 0.25) is 0 Å². The largest absolute Gasteiger partial charge is 0.327 e. The molecule has 0 bridgehead atoms. The highest BCUT2D eigenvalue weighted by Crippen LogP contribution is 2.34. The zero-order valence-corrected chi connectivity index (χ0v) is 8.00. The minimum atomic E-state index is 0.512. The van der Waals surface area contributed by atoms with Gasteiger partial charge in [0, 0.05) is 12.6 Å². The van der Waals surface area contributed by atoms with Gasteiger partial charge in [0.25, 0.3) is 0 Å². The number of likely N-dealkylation sites (tertiary alicyclic amines) is 1. The molecule has 2 rings (SSSR count). The predicted octanol–water partition coefficient (Wildman–Crippen LogP) is 1.07. The van der Waals surface area contributed by atoms with Gasteiger partial charge in [-0.2, -0.15) is 0 Å². The Morgan fingerprint density at radius 2 is 2.08 bits per heavy atom. The molecule has 2 fully saturated rings. The van der Waals surface area contributed by atoms with Gasteiger partial charge in [-0.25, -0.2) is 0 Å². The fourth-order valence-corrected chi connectivity index (χ4v) is 2.93. The van der Waals surface area contributed by atoms with Gasteiger partial charge >= 0.3 is 0 Å². The third-order valence-corrected chi connectivity index (χ3v) is 3.66. The maximum atomic E-state index is 6.12. The zero-order chi connectivity index (χ0) is 8.55. The van der Waals surface area contributed by atoms with Gasteiger partial charge in [-0.3, -0.25) is 0 Å². The Hall–Kier alpha value is -0.0800. The third kappa shape index (κ3) is 1.50. The molecule has 0 amide bonds. The van der Waals surface area contributed by atoms with E-state index in [2.05, 4.69) is 11.9 Å². The van der Waals surface area contributed by atoms with Crippen LogP contribution in [0.2, 0.25) is 0 Å². The number of nitrogens with two attached hydrogens (primary N) is 1. The number of nitrogens with zero attached hydrogens (tertiary/aromatic N) is 1. The maximum Gasteiger partial charge on any atom is 0.00707 e. The van der Waals surface area contributed by atoms with E-state index in [1.807, 2.05) is 0 Å². The first kappa shape index (κ1) is 8.52. The maximum absolute atomic E-state index is 6.12. The van der Waals surface area contributed by atoms with E-state index in [-0.39, 0.29) is 0 Å². The molecule has 0 aromatic carbocycles. The van der Waals surface area contributed by atoms with E-state index in [9.17, 15) is 0 Å². The predicted molar refractivity (Wildman–Crippen MR) is 50.9 cm³/mol. The van der Waals surface area contributed by atoms with Crippen LogP contribution in [-0.4, -0.2) is 31.1 Å².